The number of aliphatic hydroxyl groups is 1. The fourth-order valence-electron chi connectivity index (χ4n) is 2.04. The van der Waals surface area contributed by atoms with Gasteiger partial charge in [-0.2, -0.15) is 0 Å². The summed E-state index contributed by atoms with van der Waals surface area (Å²) in [7, 11) is 0. The normalized spacial score (nSPS) is 14.5. The molecule has 1 nitrogen and oxygen atoms in total. The lowest BCUT2D eigenvalue weighted by Gasteiger charge is -2.23. The van der Waals surface area contributed by atoms with E-state index < -0.39 is 5.60 Å². The molecule has 1 heterocycles. The Morgan fingerprint density at radius 2 is 1.94 bits per heavy atom. The maximum absolute atomic E-state index is 13.0. The van der Waals surface area contributed by atoms with Gasteiger partial charge in [0.15, 0.2) is 0 Å². The van der Waals surface area contributed by atoms with Gasteiger partial charge in [-0.3, -0.25) is 0 Å². The fraction of sp³-hybridized carbons (Fsp3) is 0.333. The van der Waals surface area contributed by atoms with Crippen molar-refractivity contribution in [1.29, 1.82) is 0 Å². The number of rotatable bonds is 3. The summed E-state index contributed by atoms with van der Waals surface area (Å²) in [6.07, 6.45) is 0.499. The van der Waals surface area contributed by atoms with Gasteiger partial charge < -0.3 is 5.11 Å². The van der Waals surface area contributed by atoms with Gasteiger partial charge in [-0.15, -0.1) is 11.3 Å². The molecule has 0 aliphatic heterocycles. The molecular weight excluding hydrogens is 247 g/mol. The Kier molecular flexibility index (Phi) is 3.55. The summed E-state index contributed by atoms with van der Waals surface area (Å²) in [5.74, 6) is -0.233. The second-order valence-corrected chi connectivity index (χ2v) is 6.22. The zero-order valence-electron chi connectivity index (χ0n) is 10.8. The second-order valence-electron chi connectivity index (χ2n) is 4.93. The molecule has 3 heteroatoms. The number of hydrogen-bond acceptors (Lipinski definition) is 2. The molecule has 1 aromatic carbocycles. The van der Waals surface area contributed by atoms with Crippen molar-refractivity contribution in [2.45, 2.75) is 32.8 Å². The lowest BCUT2D eigenvalue weighted by molar-refractivity contribution is 0.0613. The molecule has 1 aromatic heterocycles. The molecule has 1 atom stereocenters. The van der Waals surface area contributed by atoms with Gasteiger partial charge in [-0.05, 0) is 56.2 Å². The van der Waals surface area contributed by atoms with Crippen LogP contribution in [0.25, 0.3) is 0 Å². The van der Waals surface area contributed by atoms with Crippen molar-refractivity contribution in [2.75, 3.05) is 0 Å². The largest absolute Gasteiger partial charge is 0.384 e. The Morgan fingerprint density at radius 3 is 2.50 bits per heavy atom. The van der Waals surface area contributed by atoms with Gasteiger partial charge in [-0.25, -0.2) is 4.39 Å². The smallest absolute Gasteiger partial charge is 0.123 e. The Bertz CT molecular complexity index is 557. The first-order valence-corrected chi connectivity index (χ1v) is 6.74. The zero-order chi connectivity index (χ0) is 13.3. The Morgan fingerprint density at radius 1 is 1.22 bits per heavy atom. The summed E-state index contributed by atoms with van der Waals surface area (Å²) in [6.45, 7) is 5.70. The van der Waals surface area contributed by atoms with Crippen LogP contribution in [0.3, 0.4) is 0 Å². The third-order valence-corrected chi connectivity index (χ3v) is 4.36. The Balaban J connectivity index is 2.27. The first kappa shape index (κ1) is 13.2. The zero-order valence-corrected chi connectivity index (χ0v) is 11.6. The molecule has 18 heavy (non-hydrogen) atoms. The molecule has 0 fully saturated rings. The summed E-state index contributed by atoms with van der Waals surface area (Å²) in [4.78, 5) is 2.13. The van der Waals surface area contributed by atoms with Crippen LogP contribution in [-0.4, -0.2) is 5.11 Å². The quantitative estimate of drug-likeness (QED) is 0.890. The molecule has 0 saturated heterocycles. The molecule has 0 radical (unpaired) electrons. The number of aryl methyl sites for hydroxylation is 2. The molecule has 0 bridgehead atoms. The number of benzene rings is 1. The summed E-state index contributed by atoms with van der Waals surface area (Å²) in [5.41, 5.74) is 0.956. The highest BCUT2D eigenvalue weighted by atomic mass is 32.1. The van der Waals surface area contributed by atoms with Crippen molar-refractivity contribution in [1.82, 2.24) is 0 Å². The van der Waals surface area contributed by atoms with Crippen LogP contribution >= 0.6 is 11.3 Å². The third-order valence-electron chi connectivity index (χ3n) is 3.11. The molecule has 0 amide bonds. The average Bonchev–Trinajstić information content (AvgIpc) is 2.70. The summed E-state index contributed by atoms with van der Waals surface area (Å²) >= 11 is 1.60. The van der Waals surface area contributed by atoms with Crippen LogP contribution in [0.2, 0.25) is 0 Å². The minimum absolute atomic E-state index is 0.233. The highest BCUT2D eigenvalue weighted by Gasteiger charge is 2.25. The highest BCUT2D eigenvalue weighted by molar-refractivity contribution is 7.12. The molecule has 0 aliphatic rings. The summed E-state index contributed by atoms with van der Waals surface area (Å²) < 4.78 is 13.0. The van der Waals surface area contributed by atoms with Gasteiger partial charge in [0.2, 0.25) is 0 Å². The van der Waals surface area contributed by atoms with Crippen LogP contribution in [0.5, 0.6) is 0 Å². The van der Waals surface area contributed by atoms with Gasteiger partial charge in [0.05, 0.1) is 5.60 Å². The van der Waals surface area contributed by atoms with Gasteiger partial charge in [0.25, 0.3) is 0 Å². The molecule has 1 unspecified atom stereocenters. The van der Waals surface area contributed by atoms with Crippen molar-refractivity contribution in [3.8, 4) is 0 Å². The monoisotopic (exact) mass is 264 g/mol. The van der Waals surface area contributed by atoms with E-state index in [2.05, 4.69) is 0 Å². The van der Waals surface area contributed by atoms with E-state index in [1.165, 1.54) is 17.0 Å². The topological polar surface area (TPSA) is 20.2 Å². The van der Waals surface area contributed by atoms with Crippen molar-refractivity contribution in [3.05, 3.63) is 57.0 Å². The van der Waals surface area contributed by atoms with E-state index in [4.69, 9.17) is 0 Å². The van der Waals surface area contributed by atoms with E-state index >= 15 is 0 Å². The van der Waals surface area contributed by atoms with Crippen LogP contribution in [0.4, 0.5) is 4.39 Å². The predicted octanol–water partition coefficient (Wildman–Crippen LogP) is 3.95. The molecule has 2 rings (SSSR count). The molecule has 2 aromatic rings. The van der Waals surface area contributed by atoms with Crippen molar-refractivity contribution < 1.29 is 9.50 Å². The lowest BCUT2D eigenvalue weighted by atomic mass is 9.92. The highest BCUT2D eigenvalue weighted by Crippen LogP contribution is 2.31. The van der Waals surface area contributed by atoms with Crippen LogP contribution in [0.15, 0.2) is 30.3 Å². The second kappa shape index (κ2) is 4.82. The minimum Gasteiger partial charge on any atom is -0.384 e. The number of halogens is 1. The molecule has 0 aliphatic carbocycles. The molecular formula is C15H17FOS. The van der Waals surface area contributed by atoms with E-state index in [9.17, 15) is 9.50 Å². The van der Waals surface area contributed by atoms with E-state index in [1.54, 1.807) is 24.3 Å². The molecule has 96 valence electrons. The molecule has 1 N–H and O–H groups in total. The lowest BCUT2D eigenvalue weighted by Crippen LogP contribution is -2.23. The standard InChI is InChI=1S/C15H17FOS/c1-10-8-13(16)6-5-12(10)9-15(3,17)14-7-4-11(2)18-14/h4-8,17H,9H2,1-3H3. The maximum Gasteiger partial charge on any atom is 0.123 e. The average molecular weight is 264 g/mol. The first-order valence-electron chi connectivity index (χ1n) is 5.93. The molecule has 0 spiro atoms. The van der Waals surface area contributed by atoms with Crippen molar-refractivity contribution >= 4 is 11.3 Å². The molecule has 0 saturated carbocycles. The van der Waals surface area contributed by atoms with E-state index in [0.717, 1.165) is 16.0 Å². The van der Waals surface area contributed by atoms with Crippen LogP contribution in [0, 0.1) is 19.7 Å². The fourth-order valence-corrected chi connectivity index (χ4v) is 2.95. The van der Waals surface area contributed by atoms with Crippen LogP contribution in [-0.2, 0) is 12.0 Å². The van der Waals surface area contributed by atoms with Crippen molar-refractivity contribution in [3.63, 3.8) is 0 Å². The third kappa shape index (κ3) is 2.79. The van der Waals surface area contributed by atoms with E-state index in [-0.39, 0.29) is 5.82 Å². The van der Waals surface area contributed by atoms with Crippen LogP contribution < -0.4 is 0 Å². The van der Waals surface area contributed by atoms with E-state index in [0.29, 0.717) is 6.42 Å². The predicted molar refractivity (Wildman–Crippen MR) is 73.5 cm³/mol. The number of thiophene rings is 1. The van der Waals surface area contributed by atoms with E-state index in [1.807, 2.05) is 26.0 Å². The SMILES string of the molecule is Cc1ccc(C(C)(O)Cc2ccc(F)cc2C)s1. The number of hydrogen-bond donors (Lipinski definition) is 1. The van der Waals surface area contributed by atoms with Gasteiger partial charge in [-0.1, -0.05) is 6.07 Å². The van der Waals surface area contributed by atoms with Crippen LogP contribution in [0.1, 0.15) is 27.8 Å². The first-order chi connectivity index (χ1) is 8.38. The maximum atomic E-state index is 13.0. The van der Waals surface area contributed by atoms with Gasteiger partial charge in [0.1, 0.15) is 5.82 Å². The van der Waals surface area contributed by atoms with Gasteiger partial charge in [0, 0.05) is 16.2 Å². The Hall–Kier alpha value is -1.19. The Labute approximate surface area is 111 Å². The van der Waals surface area contributed by atoms with Crippen molar-refractivity contribution in [2.24, 2.45) is 0 Å². The summed E-state index contributed by atoms with van der Waals surface area (Å²) in [6, 6.07) is 8.66. The summed E-state index contributed by atoms with van der Waals surface area (Å²) in [5, 5.41) is 10.6. The minimum atomic E-state index is -0.901. The van der Waals surface area contributed by atoms with Gasteiger partial charge >= 0.3 is 0 Å².